The molecule has 2 atom stereocenters. The fourth-order valence-corrected chi connectivity index (χ4v) is 5.58. The Morgan fingerprint density at radius 1 is 1.21 bits per heavy atom. The molecule has 12 heteroatoms. The molecule has 1 amide bonds. The quantitative estimate of drug-likeness (QED) is 0.569. The monoisotopic (exact) mass is 492 g/mol. The molecule has 2 fully saturated rings. The molecule has 180 valence electrons. The van der Waals surface area contributed by atoms with Gasteiger partial charge in [-0.15, -0.1) is 0 Å². The topological polar surface area (TPSA) is 92.2 Å². The zero-order valence-electron chi connectivity index (χ0n) is 18.1. The average molecular weight is 493 g/mol. The zero-order valence-corrected chi connectivity index (χ0v) is 19.0. The second-order valence-electron chi connectivity index (χ2n) is 8.46. The lowest BCUT2D eigenvalue weighted by molar-refractivity contribution is -0.148. The lowest BCUT2D eigenvalue weighted by Gasteiger charge is -2.23. The summed E-state index contributed by atoms with van der Waals surface area (Å²) < 4.78 is 42.1. The van der Waals surface area contributed by atoms with Crippen molar-refractivity contribution in [2.24, 2.45) is 0 Å². The summed E-state index contributed by atoms with van der Waals surface area (Å²) >= 11 is 0.921. The number of anilines is 1. The van der Waals surface area contributed by atoms with Gasteiger partial charge in [-0.2, -0.15) is 13.2 Å². The third kappa shape index (κ3) is 4.27. The molecule has 0 unspecified atom stereocenters. The fraction of sp³-hybridized carbons (Fsp3) is 0.455. The summed E-state index contributed by atoms with van der Waals surface area (Å²) in [6.07, 6.45) is -3.04. The Hall–Kier alpha value is -2.99. The van der Waals surface area contributed by atoms with E-state index in [4.69, 9.17) is 0 Å². The number of hydrogen-bond donors (Lipinski definition) is 2. The van der Waals surface area contributed by atoms with Gasteiger partial charge in [0.2, 0.25) is 11.7 Å². The molecule has 0 radical (unpaired) electrons. The smallest absolute Gasteiger partial charge is 0.350 e. The van der Waals surface area contributed by atoms with Crippen molar-refractivity contribution >= 4 is 32.7 Å². The molecule has 2 aliphatic rings. The molecule has 0 spiro atoms. The van der Waals surface area contributed by atoms with Crippen molar-refractivity contribution in [2.45, 2.75) is 44.1 Å². The number of halogens is 3. The van der Waals surface area contributed by atoms with Crippen LogP contribution in [0.5, 0.6) is 0 Å². The largest absolute Gasteiger partial charge is 0.449 e. The standard InChI is InChI=1S/C22H23F3N6O2S/c23-22(24,25)20-29-18-16(19(33)31(20)14-8-9-26-12-14)28-21(34-18)30-10-4-7-15(30)17(32)27-11-13-5-2-1-3-6-13/h1-3,5-6,14-15,26H,4,7-12H2,(H,27,32)/t14-,15-/m1/s1. The van der Waals surface area contributed by atoms with Gasteiger partial charge in [0.05, 0.1) is 6.04 Å². The molecule has 1 aromatic carbocycles. The number of amides is 1. The summed E-state index contributed by atoms with van der Waals surface area (Å²) in [5.74, 6) is -1.38. The Kier molecular flexibility index (Phi) is 6.02. The second kappa shape index (κ2) is 8.99. The number of aromatic nitrogens is 3. The minimum Gasteiger partial charge on any atom is -0.350 e. The lowest BCUT2D eigenvalue weighted by atomic mass is 10.2. The van der Waals surface area contributed by atoms with Gasteiger partial charge in [0.15, 0.2) is 15.5 Å². The van der Waals surface area contributed by atoms with Crippen LogP contribution in [0.15, 0.2) is 35.1 Å². The van der Waals surface area contributed by atoms with Crippen molar-refractivity contribution < 1.29 is 18.0 Å². The molecule has 0 aliphatic carbocycles. The number of nitrogens with zero attached hydrogens (tertiary/aromatic N) is 4. The number of carbonyl (C=O) groups is 1. The molecule has 2 aromatic heterocycles. The highest BCUT2D eigenvalue weighted by atomic mass is 32.1. The third-order valence-corrected chi connectivity index (χ3v) is 7.21. The van der Waals surface area contributed by atoms with E-state index in [2.05, 4.69) is 20.6 Å². The molecular formula is C22H23F3N6O2S. The highest BCUT2D eigenvalue weighted by Gasteiger charge is 2.41. The second-order valence-corrected chi connectivity index (χ2v) is 9.42. The Balaban J connectivity index is 1.46. The summed E-state index contributed by atoms with van der Waals surface area (Å²) in [5, 5.41) is 6.25. The first kappa shape index (κ1) is 22.8. The Labute approximate surface area is 196 Å². The van der Waals surface area contributed by atoms with E-state index in [0.29, 0.717) is 37.6 Å². The molecule has 2 aliphatic heterocycles. The van der Waals surface area contributed by atoms with Gasteiger partial charge in [-0.3, -0.25) is 14.2 Å². The zero-order chi connectivity index (χ0) is 23.9. The molecule has 0 bridgehead atoms. The average Bonchev–Trinajstić information content (AvgIpc) is 3.57. The maximum absolute atomic E-state index is 13.8. The van der Waals surface area contributed by atoms with Gasteiger partial charge in [-0.1, -0.05) is 41.7 Å². The van der Waals surface area contributed by atoms with Crippen molar-refractivity contribution in [3.05, 3.63) is 52.1 Å². The summed E-state index contributed by atoms with van der Waals surface area (Å²) in [7, 11) is 0. The number of benzene rings is 1. The number of fused-ring (bicyclic) bond motifs is 1. The Bertz CT molecular complexity index is 1250. The predicted octanol–water partition coefficient (Wildman–Crippen LogP) is 2.69. The Morgan fingerprint density at radius 3 is 2.71 bits per heavy atom. The number of rotatable bonds is 5. The summed E-state index contributed by atoms with van der Waals surface area (Å²) in [5.41, 5.74) is 0.0827. The predicted molar refractivity (Wildman–Crippen MR) is 122 cm³/mol. The molecule has 4 heterocycles. The van der Waals surface area contributed by atoms with E-state index < -0.39 is 29.6 Å². The van der Waals surface area contributed by atoms with Gasteiger partial charge >= 0.3 is 6.18 Å². The molecule has 2 N–H and O–H groups in total. The van der Waals surface area contributed by atoms with Crippen LogP contribution in [0.2, 0.25) is 0 Å². The van der Waals surface area contributed by atoms with E-state index >= 15 is 0 Å². The van der Waals surface area contributed by atoms with Crippen LogP contribution in [0.4, 0.5) is 18.3 Å². The molecule has 8 nitrogen and oxygen atoms in total. The van der Waals surface area contributed by atoms with Gasteiger partial charge in [0, 0.05) is 19.6 Å². The molecule has 34 heavy (non-hydrogen) atoms. The number of carbonyl (C=O) groups excluding carboxylic acids is 1. The van der Waals surface area contributed by atoms with Crippen LogP contribution < -0.4 is 21.1 Å². The number of hydrogen-bond acceptors (Lipinski definition) is 7. The molecular weight excluding hydrogens is 469 g/mol. The van der Waals surface area contributed by atoms with E-state index in [1.54, 1.807) is 4.90 Å². The highest BCUT2D eigenvalue weighted by molar-refractivity contribution is 7.21. The van der Waals surface area contributed by atoms with Gasteiger partial charge < -0.3 is 15.5 Å². The highest BCUT2D eigenvalue weighted by Crippen LogP contribution is 2.35. The van der Waals surface area contributed by atoms with E-state index in [-0.39, 0.29) is 22.8 Å². The molecule has 5 rings (SSSR count). The van der Waals surface area contributed by atoms with Crippen LogP contribution in [0, 0.1) is 0 Å². The minimum atomic E-state index is -4.77. The van der Waals surface area contributed by atoms with Crippen molar-refractivity contribution in [2.75, 3.05) is 24.5 Å². The first-order valence-corrected chi connectivity index (χ1v) is 11.9. The van der Waals surface area contributed by atoms with E-state index in [1.165, 1.54) is 0 Å². The maximum atomic E-state index is 13.8. The van der Waals surface area contributed by atoms with Gasteiger partial charge in [0.1, 0.15) is 6.04 Å². The first-order chi connectivity index (χ1) is 16.3. The summed E-state index contributed by atoms with van der Waals surface area (Å²) in [6, 6.07) is 8.36. The number of alkyl halides is 3. The lowest BCUT2D eigenvalue weighted by Crippen LogP contribution is -2.43. The maximum Gasteiger partial charge on any atom is 0.449 e. The SMILES string of the molecule is O=C(NCc1ccccc1)[C@H]1CCCN1c1nc2c(=O)n([C@@H]3CCNC3)c(C(F)(F)F)nc2s1. The van der Waals surface area contributed by atoms with Gasteiger partial charge in [-0.25, -0.2) is 9.97 Å². The number of thiazole rings is 1. The van der Waals surface area contributed by atoms with Crippen LogP contribution in [-0.2, 0) is 17.5 Å². The van der Waals surface area contributed by atoms with Gasteiger partial charge in [-0.05, 0) is 31.4 Å². The molecule has 2 saturated heterocycles. The van der Waals surface area contributed by atoms with Crippen molar-refractivity contribution in [3.8, 4) is 0 Å². The van der Waals surface area contributed by atoms with Crippen LogP contribution in [-0.4, -0.2) is 46.1 Å². The van der Waals surface area contributed by atoms with E-state index in [9.17, 15) is 22.8 Å². The molecule has 0 saturated carbocycles. The first-order valence-electron chi connectivity index (χ1n) is 11.1. The summed E-state index contributed by atoms with van der Waals surface area (Å²) in [6.45, 7) is 1.70. The van der Waals surface area contributed by atoms with Gasteiger partial charge in [0.25, 0.3) is 5.56 Å². The van der Waals surface area contributed by atoms with E-state index in [0.717, 1.165) is 27.9 Å². The third-order valence-electron chi connectivity index (χ3n) is 6.22. The van der Waals surface area contributed by atoms with E-state index in [1.807, 2.05) is 30.3 Å². The van der Waals surface area contributed by atoms with Crippen LogP contribution in [0.3, 0.4) is 0 Å². The van der Waals surface area contributed by atoms with Crippen LogP contribution >= 0.6 is 11.3 Å². The van der Waals surface area contributed by atoms with Crippen molar-refractivity contribution in [1.82, 2.24) is 25.2 Å². The molecule has 3 aromatic rings. The Morgan fingerprint density at radius 2 is 2.00 bits per heavy atom. The van der Waals surface area contributed by atoms with Crippen molar-refractivity contribution in [1.29, 1.82) is 0 Å². The fourth-order valence-electron chi connectivity index (χ4n) is 4.57. The van der Waals surface area contributed by atoms with Crippen LogP contribution in [0.25, 0.3) is 10.3 Å². The van der Waals surface area contributed by atoms with Crippen molar-refractivity contribution in [3.63, 3.8) is 0 Å². The number of nitrogens with one attached hydrogen (secondary N) is 2. The minimum absolute atomic E-state index is 0.0649. The normalized spacial score (nSPS) is 20.9. The summed E-state index contributed by atoms with van der Waals surface area (Å²) in [4.78, 5) is 35.9. The van der Waals surface area contributed by atoms with Crippen LogP contribution in [0.1, 0.15) is 36.7 Å².